The standard InChI is InChI=1S/C7H15N4.CH4O4S/c1-6-8-11(7(2,3)4)9-10(6)5;1-5-6(2,3)4/h1-5H3;1H3,(H,2,3,4)/q+1;/p-1. The minimum absolute atomic E-state index is 0.0218. The molecular formula is C8H18N4O4S. The van der Waals surface area contributed by atoms with Crippen molar-refractivity contribution in [3.63, 3.8) is 0 Å². The zero-order valence-corrected chi connectivity index (χ0v) is 11.6. The zero-order valence-electron chi connectivity index (χ0n) is 10.8. The van der Waals surface area contributed by atoms with Gasteiger partial charge in [-0.05, 0) is 25.6 Å². The molecule has 0 aliphatic carbocycles. The molecule has 0 fully saturated rings. The van der Waals surface area contributed by atoms with Gasteiger partial charge in [0, 0.05) is 6.92 Å². The Morgan fingerprint density at radius 2 is 1.82 bits per heavy atom. The molecule has 0 bridgehead atoms. The average molecular weight is 266 g/mol. The predicted octanol–water partition coefficient (Wildman–Crippen LogP) is -0.741. The number of hydrogen-bond acceptors (Lipinski definition) is 6. The number of nitrogens with zero attached hydrogens (tertiary/aromatic N) is 4. The van der Waals surface area contributed by atoms with Crippen LogP contribution in [0.1, 0.15) is 26.6 Å². The van der Waals surface area contributed by atoms with Gasteiger partial charge in [0.25, 0.3) is 5.82 Å². The molecule has 0 radical (unpaired) electrons. The van der Waals surface area contributed by atoms with Gasteiger partial charge in [-0.15, -0.1) is 4.68 Å². The Morgan fingerprint density at radius 1 is 1.41 bits per heavy atom. The van der Waals surface area contributed by atoms with Crippen molar-refractivity contribution in [1.82, 2.24) is 15.1 Å². The summed E-state index contributed by atoms with van der Waals surface area (Å²) in [6.45, 7) is 8.17. The van der Waals surface area contributed by atoms with Crippen LogP contribution in [-0.2, 0) is 27.2 Å². The molecule has 0 amide bonds. The summed E-state index contributed by atoms with van der Waals surface area (Å²) in [5, 5.41) is 8.45. The lowest BCUT2D eigenvalue weighted by Crippen LogP contribution is -2.36. The van der Waals surface area contributed by atoms with Crippen LogP contribution in [0.5, 0.6) is 0 Å². The second kappa shape index (κ2) is 5.52. The Hall–Kier alpha value is -1.06. The normalized spacial score (nSPS) is 11.9. The van der Waals surface area contributed by atoms with Crippen molar-refractivity contribution >= 4 is 10.4 Å². The molecule has 0 aliphatic rings. The van der Waals surface area contributed by atoms with E-state index in [1.165, 1.54) is 0 Å². The van der Waals surface area contributed by atoms with Crippen LogP contribution in [-0.4, -0.2) is 35.2 Å². The monoisotopic (exact) mass is 266 g/mol. The predicted molar refractivity (Wildman–Crippen MR) is 57.6 cm³/mol. The van der Waals surface area contributed by atoms with E-state index >= 15 is 0 Å². The molecule has 0 atom stereocenters. The number of hydrogen-bond donors (Lipinski definition) is 0. The van der Waals surface area contributed by atoms with Gasteiger partial charge in [0.1, 0.15) is 5.54 Å². The number of aryl methyl sites for hydroxylation is 2. The molecule has 1 aromatic heterocycles. The van der Waals surface area contributed by atoms with E-state index in [1.807, 2.05) is 14.0 Å². The molecule has 0 saturated heterocycles. The lowest BCUT2D eigenvalue weighted by Gasteiger charge is -2.07. The van der Waals surface area contributed by atoms with Gasteiger partial charge in [0.05, 0.1) is 24.5 Å². The van der Waals surface area contributed by atoms with E-state index in [0.29, 0.717) is 0 Å². The Balaban J connectivity index is 0.000000366. The first kappa shape index (κ1) is 15.9. The molecule has 1 aromatic rings. The Labute approximate surface area is 101 Å². The van der Waals surface area contributed by atoms with Gasteiger partial charge in [-0.3, -0.25) is 4.18 Å². The highest BCUT2D eigenvalue weighted by atomic mass is 32.3. The van der Waals surface area contributed by atoms with Gasteiger partial charge < -0.3 is 4.55 Å². The van der Waals surface area contributed by atoms with Crippen LogP contribution in [0.4, 0.5) is 0 Å². The number of aromatic nitrogens is 4. The fourth-order valence-electron chi connectivity index (χ4n) is 0.698. The van der Waals surface area contributed by atoms with Gasteiger partial charge in [0.15, 0.2) is 0 Å². The largest absolute Gasteiger partial charge is 0.726 e. The van der Waals surface area contributed by atoms with Crippen LogP contribution in [0.25, 0.3) is 0 Å². The molecule has 8 nitrogen and oxygen atoms in total. The first-order valence-electron chi connectivity index (χ1n) is 4.79. The number of tetrazole rings is 1. The van der Waals surface area contributed by atoms with E-state index in [2.05, 4.69) is 35.3 Å². The van der Waals surface area contributed by atoms with Crippen molar-refractivity contribution in [2.24, 2.45) is 7.05 Å². The molecule has 0 saturated carbocycles. The molecule has 0 aromatic carbocycles. The molecular weight excluding hydrogens is 248 g/mol. The molecule has 17 heavy (non-hydrogen) atoms. The molecule has 0 aliphatic heterocycles. The lowest BCUT2D eigenvalue weighted by molar-refractivity contribution is -0.738. The fourth-order valence-corrected chi connectivity index (χ4v) is 0.698. The first-order valence-corrected chi connectivity index (χ1v) is 6.13. The zero-order chi connectivity index (χ0) is 13.9. The molecule has 0 unspecified atom stereocenters. The van der Waals surface area contributed by atoms with Crippen molar-refractivity contribution in [2.45, 2.75) is 33.2 Å². The van der Waals surface area contributed by atoms with Crippen LogP contribution >= 0.6 is 0 Å². The highest BCUT2D eigenvalue weighted by molar-refractivity contribution is 7.80. The van der Waals surface area contributed by atoms with E-state index in [0.717, 1.165) is 12.9 Å². The second-order valence-corrected chi connectivity index (χ2v) is 5.45. The number of rotatable bonds is 1. The summed E-state index contributed by atoms with van der Waals surface area (Å²) in [6, 6.07) is 0. The highest BCUT2D eigenvalue weighted by Crippen LogP contribution is 2.07. The summed E-state index contributed by atoms with van der Waals surface area (Å²) in [6.07, 6.45) is 0. The third-order valence-electron chi connectivity index (χ3n) is 1.73. The van der Waals surface area contributed by atoms with Crippen LogP contribution in [0.2, 0.25) is 0 Å². The quantitative estimate of drug-likeness (QED) is 0.377. The van der Waals surface area contributed by atoms with Crippen LogP contribution < -0.4 is 4.68 Å². The third kappa shape index (κ3) is 6.29. The summed E-state index contributed by atoms with van der Waals surface area (Å²) in [4.78, 5) is 1.72. The summed E-state index contributed by atoms with van der Waals surface area (Å²) in [5.41, 5.74) is -0.0218. The Bertz CT molecular complexity index is 441. The average Bonchev–Trinajstić information content (AvgIpc) is 2.46. The minimum atomic E-state index is -4.41. The van der Waals surface area contributed by atoms with Gasteiger partial charge in [-0.25, -0.2) is 8.42 Å². The third-order valence-corrected chi connectivity index (χ3v) is 2.14. The van der Waals surface area contributed by atoms with E-state index in [-0.39, 0.29) is 5.54 Å². The molecule has 0 spiro atoms. The van der Waals surface area contributed by atoms with Crippen LogP contribution in [0.3, 0.4) is 0 Å². The fraction of sp³-hybridized carbons (Fsp3) is 0.875. The molecule has 1 heterocycles. The van der Waals surface area contributed by atoms with E-state index in [1.54, 1.807) is 9.48 Å². The summed E-state index contributed by atoms with van der Waals surface area (Å²) in [7, 11) is -1.71. The molecule has 100 valence electrons. The summed E-state index contributed by atoms with van der Waals surface area (Å²) >= 11 is 0. The van der Waals surface area contributed by atoms with Crippen molar-refractivity contribution in [3.8, 4) is 0 Å². The Kier molecular flexibility index (Phi) is 5.17. The maximum Gasteiger partial charge on any atom is 0.295 e. The van der Waals surface area contributed by atoms with Crippen molar-refractivity contribution in [3.05, 3.63) is 5.82 Å². The van der Waals surface area contributed by atoms with Gasteiger partial charge in [-0.1, -0.05) is 0 Å². The minimum Gasteiger partial charge on any atom is -0.726 e. The van der Waals surface area contributed by atoms with E-state index < -0.39 is 10.4 Å². The highest BCUT2D eigenvalue weighted by Gasteiger charge is 2.24. The second-order valence-electron chi connectivity index (χ2n) is 4.30. The first-order chi connectivity index (χ1) is 7.47. The topological polar surface area (TPSA) is 101 Å². The van der Waals surface area contributed by atoms with Gasteiger partial charge in [-0.2, -0.15) is 0 Å². The maximum absolute atomic E-state index is 9.22. The van der Waals surface area contributed by atoms with Crippen molar-refractivity contribution in [2.75, 3.05) is 7.11 Å². The van der Waals surface area contributed by atoms with E-state index in [9.17, 15) is 13.0 Å². The van der Waals surface area contributed by atoms with Gasteiger partial charge in [0.2, 0.25) is 10.4 Å². The van der Waals surface area contributed by atoms with Gasteiger partial charge >= 0.3 is 0 Å². The SMILES string of the molecule is COS(=O)(=O)[O-].Cc1nn(C(C)(C)C)n[n+]1C. The van der Waals surface area contributed by atoms with E-state index in [4.69, 9.17) is 0 Å². The van der Waals surface area contributed by atoms with Crippen molar-refractivity contribution < 1.29 is 21.8 Å². The Morgan fingerprint density at radius 3 is 1.94 bits per heavy atom. The van der Waals surface area contributed by atoms with Crippen LogP contribution in [0, 0.1) is 6.92 Å². The van der Waals surface area contributed by atoms with Crippen molar-refractivity contribution in [1.29, 1.82) is 0 Å². The van der Waals surface area contributed by atoms with Crippen LogP contribution in [0.15, 0.2) is 0 Å². The smallest absolute Gasteiger partial charge is 0.295 e. The summed E-state index contributed by atoms with van der Waals surface area (Å²) < 4.78 is 32.8. The molecule has 1 rings (SSSR count). The lowest BCUT2D eigenvalue weighted by atomic mass is 10.1. The maximum atomic E-state index is 9.22. The molecule has 9 heteroatoms. The summed E-state index contributed by atoms with van der Waals surface area (Å²) in [5.74, 6) is 0.930. The molecule has 0 N–H and O–H groups in total.